The van der Waals surface area contributed by atoms with Crippen LogP contribution >= 0.6 is 0 Å². The minimum atomic E-state index is -0.542. The number of hydrogen-bond acceptors (Lipinski definition) is 3. The molecule has 1 atom stereocenters. The van der Waals surface area contributed by atoms with Crippen molar-refractivity contribution >= 4 is 17.7 Å². The van der Waals surface area contributed by atoms with Crippen molar-refractivity contribution in [3.05, 3.63) is 0 Å². The second-order valence-corrected chi connectivity index (χ2v) is 9.57. The molecule has 1 aliphatic heterocycles. The molecule has 27 heavy (non-hydrogen) atoms. The molecule has 2 N–H and O–H groups in total. The normalized spacial score (nSPS) is 35.4. The molecule has 0 aromatic rings. The Hall–Kier alpha value is -1.59. The number of rotatable bonds is 6. The van der Waals surface area contributed by atoms with Crippen LogP contribution in [0.25, 0.3) is 0 Å². The molecule has 0 aromatic carbocycles. The number of carbonyl (C=O) groups excluding carboxylic acids is 3. The van der Waals surface area contributed by atoms with Gasteiger partial charge in [0.05, 0.1) is 0 Å². The second-order valence-electron chi connectivity index (χ2n) is 9.57. The molecule has 1 saturated heterocycles. The minimum Gasteiger partial charge on any atom is -0.348 e. The van der Waals surface area contributed by atoms with E-state index in [4.69, 9.17) is 0 Å². The Balaban J connectivity index is 1.21. The lowest BCUT2D eigenvalue weighted by Crippen LogP contribution is -2.57. The van der Waals surface area contributed by atoms with Crippen LogP contribution in [0.2, 0.25) is 0 Å². The Labute approximate surface area is 161 Å². The van der Waals surface area contributed by atoms with Gasteiger partial charge in [-0.25, -0.2) is 0 Å². The zero-order chi connectivity index (χ0) is 19.0. The summed E-state index contributed by atoms with van der Waals surface area (Å²) in [5.74, 6) is 1.64. The Bertz CT molecular complexity index is 583. The van der Waals surface area contributed by atoms with E-state index in [-0.39, 0.29) is 17.4 Å². The summed E-state index contributed by atoms with van der Waals surface area (Å²) in [7, 11) is 0. The Morgan fingerprint density at radius 2 is 1.74 bits per heavy atom. The molecule has 5 rings (SSSR count). The lowest BCUT2D eigenvalue weighted by Gasteiger charge is -2.59. The van der Waals surface area contributed by atoms with Gasteiger partial charge in [0.2, 0.25) is 5.91 Å². The van der Waals surface area contributed by atoms with Gasteiger partial charge in [0.1, 0.15) is 0 Å². The number of carbonyl (C=O) groups is 3. The van der Waals surface area contributed by atoms with Crippen molar-refractivity contribution in [2.75, 3.05) is 19.6 Å². The van der Waals surface area contributed by atoms with Crippen LogP contribution in [-0.2, 0) is 14.4 Å². The number of amides is 3. The highest BCUT2D eigenvalue weighted by atomic mass is 16.2. The summed E-state index contributed by atoms with van der Waals surface area (Å²) in [6, 6.07) is 0.0615. The van der Waals surface area contributed by atoms with E-state index in [1.165, 1.54) is 38.5 Å². The fraction of sp³-hybridized carbons (Fsp3) is 0.857. The van der Waals surface area contributed by atoms with E-state index in [0.29, 0.717) is 25.9 Å². The molecule has 1 unspecified atom stereocenters. The molecule has 3 amide bonds. The lowest BCUT2D eigenvalue weighted by molar-refractivity contribution is -0.141. The SMILES string of the molecule is CC(NC(=O)C(=O)NCCCN1CCCC1=O)C12CC3CC(CC(C3)C1)C2. The van der Waals surface area contributed by atoms with Gasteiger partial charge in [0, 0.05) is 32.1 Å². The van der Waals surface area contributed by atoms with Crippen molar-refractivity contribution < 1.29 is 14.4 Å². The number of likely N-dealkylation sites (tertiary alicyclic amines) is 1. The molecule has 0 spiro atoms. The van der Waals surface area contributed by atoms with Gasteiger partial charge in [-0.3, -0.25) is 14.4 Å². The van der Waals surface area contributed by atoms with Gasteiger partial charge in [0.25, 0.3) is 0 Å². The molecule has 6 nitrogen and oxygen atoms in total. The summed E-state index contributed by atoms with van der Waals surface area (Å²) in [5, 5.41) is 5.72. The molecule has 6 heteroatoms. The van der Waals surface area contributed by atoms with Crippen molar-refractivity contribution in [1.29, 1.82) is 0 Å². The molecular formula is C21H33N3O3. The van der Waals surface area contributed by atoms with E-state index in [9.17, 15) is 14.4 Å². The van der Waals surface area contributed by atoms with E-state index in [1.807, 2.05) is 4.90 Å². The van der Waals surface area contributed by atoms with Crippen LogP contribution in [0.4, 0.5) is 0 Å². The maximum absolute atomic E-state index is 12.4. The average Bonchev–Trinajstić information content (AvgIpc) is 3.02. The highest BCUT2D eigenvalue weighted by molar-refractivity contribution is 6.35. The number of nitrogens with zero attached hydrogens (tertiary/aromatic N) is 1. The average molecular weight is 376 g/mol. The Kier molecular flexibility index (Phi) is 5.17. The van der Waals surface area contributed by atoms with Gasteiger partial charge in [-0.2, -0.15) is 0 Å². The third-order valence-corrected chi connectivity index (χ3v) is 7.62. The van der Waals surface area contributed by atoms with Crippen LogP contribution in [0.1, 0.15) is 64.7 Å². The first-order valence-corrected chi connectivity index (χ1v) is 10.8. The van der Waals surface area contributed by atoms with Crippen LogP contribution in [0.3, 0.4) is 0 Å². The van der Waals surface area contributed by atoms with Crippen LogP contribution in [0, 0.1) is 23.2 Å². The summed E-state index contributed by atoms with van der Waals surface area (Å²) < 4.78 is 0. The fourth-order valence-electron chi connectivity index (χ4n) is 6.62. The zero-order valence-corrected chi connectivity index (χ0v) is 16.5. The minimum absolute atomic E-state index is 0.0615. The molecule has 0 aromatic heterocycles. The molecule has 150 valence electrons. The van der Waals surface area contributed by atoms with Crippen molar-refractivity contribution in [3.8, 4) is 0 Å². The zero-order valence-electron chi connectivity index (χ0n) is 16.5. The third-order valence-electron chi connectivity index (χ3n) is 7.62. The van der Waals surface area contributed by atoms with Gasteiger partial charge in [0.15, 0.2) is 0 Å². The molecule has 0 radical (unpaired) electrons. The van der Waals surface area contributed by atoms with Crippen LogP contribution < -0.4 is 10.6 Å². The number of nitrogens with one attached hydrogen (secondary N) is 2. The van der Waals surface area contributed by atoms with Crippen LogP contribution in [-0.4, -0.2) is 48.3 Å². The predicted molar refractivity (Wildman–Crippen MR) is 102 cm³/mol. The quantitative estimate of drug-likeness (QED) is 0.549. The van der Waals surface area contributed by atoms with E-state index < -0.39 is 11.8 Å². The first kappa shape index (κ1) is 18.8. The first-order valence-electron chi connectivity index (χ1n) is 10.8. The monoisotopic (exact) mass is 375 g/mol. The second kappa shape index (κ2) is 7.44. The summed E-state index contributed by atoms with van der Waals surface area (Å²) in [6.45, 7) is 4.00. The summed E-state index contributed by atoms with van der Waals surface area (Å²) in [6.07, 6.45) is 10.0. The largest absolute Gasteiger partial charge is 0.348 e. The van der Waals surface area contributed by atoms with Crippen molar-refractivity contribution in [2.24, 2.45) is 23.2 Å². The summed E-state index contributed by atoms with van der Waals surface area (Å²) in [5.41, 5.74) is 0.209. The van der Waals surface area contributed by atoms with E-state index in [2.05, 4.69) is 17.6 Å². The van der Waals surface area contributed by atoms with E-state index >= 15 is 0 Å². The predicted octanol–water partition coefficient (Wildman–Crippen LogP) is 1.84. The molecule has 4 bridgehead atoms. The molecule has 4 saturated carbocycles. The van der Waals surface area contributed by atoms with E-state index in [1.54, 1.807) is 0 Å². The topological polar surface area (TPSA) is 78.5 Å². The maximum Gasteiger partial charge on any atom is 0.309 e. The fourth-order valence-corrected chi connectivity index (χ4v) is 6.62. The first-order chi connectivity index (χ1) is 12.9. The van der Waals surface area contributed by atoms with E-state index in [0.717, 1.165) is 30.7 Å². The molecular weight excluding hydrogens is 342 g/mol. The van der Waals surface area contributed by atoms with Gasteiger partial charge in [-0.15, -0.1) is 0 Å². The molecule has 5 fully saturated rings. The standard InChI is InChI=1S/C21H33N3O3/c1-14(21-11-15-8-16(12-21)10-17(9-15)13-21)23-20(27)19(26)22-5-3-7-24-6-2-4-18(24)25/h14-17H,2-13H2,1H3,(H,22,26)(H,23,27). The van der Waals surface area contributed by atoms with Crippen molar-refractivity contribution in [2.45, 2.75) is 70.8 Å². The number of hydrogen-bond donors (Lipinski definition) is 2. The van der Waals surface area contributed by atoms with Crippen molar-refractivity contribution in [3.63, 3.8) is 0 Å². The highest BCUT2D eigenvalue weighted by Crippen LogP contribution is 2.61. The Morgan fingerprint density at radius 1 is 1.11 bits per heavy atom. The smallest absolute Gasteiger partial charge is 0.309 e. The maximum atomic E-state index is 12.4. The van der Waals surface area contributed by atoms with Crippen LogP contribution in [0.15, 0.2) is 0 Å². The molecule has 4 aliphatic carbocycles. The third kappa shape index (κ3) is 3.85. The lowest BCUT2D eigenvalue weighted by atomic mass is 9.48. The highest BCUT2D eigenvalue weighted by Gasteiger charge is 2.53. The Morgan fingerprint density at radius 3 is 2.30 bits per heavy atom. The van der Waals surface area contributed by atoms with Crippen LogP contribution in [0.5, 0.6) is 0 Å². The van der Waals surface area contributed by atoms with Gasteiger partial charge in [-0.05, 0) is 81.5 Å². The van der Waals surface area contributed by atoms with Crippen molar-refractivity contribution in [1.82, 2.24) is 15.5 Å². The molecule has 5 aliphatic rings. The summed E-state index contributed by atoms with van der Waals surface area (Å²) in [4.78, 5) is 37.9. The summed E-state index contributed by atoms with van der Waals surface area (Å²) >= 11 is 0. The van der Waals surface area contributed by atoms with Gasteiger partial charge in [-0.1, -0.05) is 0 Å². The molecule has 1 heterocycles. The van der Waals surface area contributed by atoms with Gasteiger partial charge < -0.3 is 15.5 Å². The van der Waals surface area contributed by atoms with Gasteiger partial charge >= 0.3 is 11.8 Å².